The summed E-state index contributed by atoms with van der Waals surface area (Å²) in [4.78, 5) is 33.5. The zero-order chi connectivity index (χ0) is 25.2. The molecule has 2 amide bonds. The molecule has 0 saturated heterocycles. The molecule has 0 saturated carbocycles. The van der Waals surface area contributed by atoms with Crippen LogP contribution in [0.2, 0.25) is 5.02 Å². The van der Waals surface area contributed by atoms with Gasteiger partial charge in [0.05, 0.1) is 23.2 Å². The third kappa shape index (κ3) is 4.39. The third-order valence-electron chi connectivity index (χ3n) is 5.91. The Hall–Kier alpha value is -4.27. The monoisotopic (exact) mass is 502 g/mol. The molecule has 3 aromatic carbocycles. The fraction of sp³-hybridized carbons (Fsp3) is 0.0741. The van der Waals surface area contributed by atoms with Gasteiger partial charge < -0.3 is 20.7 Å². The first-order chi connectivity index (χ1) is 17.5. The third-order valence-corrected chi connectivity index (χ3v) is 6.20. The van der Waals surface area contributed by atoms with Gasteiger partial charge in [-0.25, -0.2) is 9.37 Å². The minimum Gasteiger partial charge on any atom is -0.394 e. The van der Waals surface area contributed by atoms with Gasteiger partial charge in [-0.1, -0.05) is 48.0 Å². The standard InChI is InChI=1S/C27H20ClFN4O3/c28-19-13-16(6-8-20(19)29)23(25-30-10-11-31-25)24-18-12-17(7-9-21(18)32-27(24)36)26(35)33-22(14-34)15-4-2-1-3-5-15/h1-13,22,34H,14H2,(H,30,31)(H,32,36)(H,33,35)/b24-23-/t22-/m1/s1. The van der Waals surface area contributed by atoms with Gasteiger partial charge >= 0.3 is 0 Å². The zero-order valence-electron chi connectivity index (χ0n) is 18.8. The Balaban J connectivity index is 1.59. The lowest BCUT2D eigenvalue weighted by atomic mass is 9.93. The van der Waals surface area contributed by atoms with Gasteiger partial charge in [0, 0.05) is 34.8 Å². The first-order valence-electron chi connectivity index (χ1n) is 11.1. The predicted octanol–water partition coefficient (Wildman–Crippen LogP) is 4.58. The van der Waals surface area contributed by atoms with Crippen LogP contribution < -0.4 is 10.6 Å². The van der Waals surface area contributed by atoms with E-state index in [2.05, 4.69) is 20.6 Å². The van der Waals surface area contributed by atoms with Gasteiger partial charge in [-0.3, -0.25) is 9.59 Å². The van der Waals surface area contributed by atoms with Crippen LogP contribution in [0.15, 0.2) is 79.1 Å². The highest BCUT2D eigenvalue weighted by molar-refractivity contribution is 6.38. The summed E-state index contributed by atoms with van der Waals surface area (Å²) in [6, 6.07) is 17.5. The van der Waals surface area contributed by atoms with Crippen molar-refractivity contribution in [2.75, 3.05) is 11.9 Å². The molecule has 1 atom stereocenters. The highest BCUT2D eigenvalue weighted by Gasteiger charge is 2.31. The second-order valence-corrected chi connectivity index (χ2v) is 8.56. The molecular weight excluding hydrogens is 483 g/mol. The number of nitrogens with one attached hydrogen (secondary N) is 3. The maximum atomic E-state index is 13.9. The fourth-order valence-electron chi connectivity index (χ4n) is 4.17. The average Bonchev–Trinajstić information content (AvgIpc) is 3.53. The molecule has 0 unspecified atom stereocenters. The van der Waals surface area contributed by atoms with Gasteiger partial charge in [-0.15, -0.1) is 0 Å². The predicted molar refractivity (Wildman–Crippen MR) is 135 cm³/mol. The number of hydrogen-bond donors (Lipinski definition) is 4. The number of carbonyl (C=O) groups is 2. The molecule has 1 aromatic heterocycles. The largest absolute Gasteiger partial charge is 0.394 e. The van der Waals surface area contributed by atoms with E-state index in [9.17, 15) is 19.1 Å². The van der Waals surface area contributed by atoms with Crippen LogP contribution in [0.5, 0.6) is 0 Å². The van der Waals surface area contributed by atoms with Crippen LogP contribution in [0.4, 0.5) is 10.1 Å². The molecule has 0 radical (unpaired) electrons. The lowest BCUT2D eigenvalue weighted by molar-refractivity contribution is -0.110. The van der Waals surface area contributed by atoms with Crippen LogP contribution in [0.1, 0.15) is 38.9 Å². The molecule has 36 heavy (non-hydrogen) atoms. The van der Waals surface area contributed by atoms with Gasteiger partial charge in [-0.05, 0) is 41.5 Å². The summed E-state index contributed by atoms with van der Waals surface area (Å²) in [5.41, 5.74) is 3.22. The number of H-pyrrole nitrogens is 1. The summed E-state index contributed by atoms with van der Waals surface area (Å²) in [7, 11) is 0. The Morgan fingerprint density at radius 2 is 1.86 bits per heavy atom. The van der Waals surface area contributed by atoms with E-state index in [-0.39, 0.29) is 17.2 Å². The van der Waals surface area contributed by atoms with Crippen molar-refractivity contribution in [1.82, 2.24) is 15.3 Å². The summed E-state index contributed by atoms with van der Waals surface area (Å²) < 4.78 is 13.9. The van der Waals surface area contributed by atoms with E-state index in [1.807, 2.05) is 30.3 Å². The van der Waals surface area contributed by atoms with Gasteiger partial charge in [0.1, 0.15) is 11.6 Å². The van der Waals surface area contributed by atoms with Crippen LogP contribution in [-0.4, -0.2) is 33.5 Å². The van der Waals surface area contributed by atoms with Crippen molar-refractivity contribution in [3.8, 4) is 0 Å². The van der Waals surface area contributed by atoms with E-state index in [1.54, 1.807) is 24.4 Å². The molecule has 2 heterocycles. The summed E-state index contributed by atoms with van der Waals surface area (Å²) in [6.07, 6.45) is 3.15. The number of fused-ring (bicyclic) bond motifs is 1. The topological polar surface area (TPSA) is 107 Å². The molecule has 180 valence electrons. The maximum absolute atomic E-state index is 13.9. The summed E-state index contributed by atoms with van der Waals surface area (Å²) in [5.74, 6) is -1.01. The first-order valence-corrected chi connectivity index (χ1v) is 11.5. The number of aliphatic hydroxyl groups is 1. The molecule has 4 aromatic rings. The van der Waals surface area contributed by atoms with E-state index >= 15 is 0 Å². The van der Waals surface area contributed by atoms with Crippen molar-refractivity contribution < 1.29 is 19.1 Å². The Bertz CT molecular complexity index is 1490. The molecule has 1 aliphatic heterocycles. The first kappa shape index (κ1) is 23.5. The number of imidazole rings is 1. The number of rotatable bonds is 6. The van der Waals surface area contributed by atoms with E-state index in [4.69, 9.17) is 11.6 Å². The van der Waals surface area contributed by atoms with E-state index in [0.717, 1.165) is 5.56 Å². The number of anilines is 1. The Labute approximate surface area is 210 Å². The van der Waals surface area contributed by atoms with Crippen molar-refractivity contribution in [1.29, 1.82) is 0 Å². The normalized spacial score (nSPS) is 14.7. The van der Waals surface area contributed by atoms with Crippen molar-refractivity contribution in [3.63, 3.8) is 0 Å². The van der Waals surface area contributed by atoms with E-state index < -0.39 is 23.7 Å². The lowest BCUT2D eigenvalue weighted by Crippen LogP contribution is -2.30. The number of aliphatic hydroxyl groups excluding tert-OH is 1. The van der Waals surface area contributed by atoms with Gasteiger partial charge in [0.2, 0.25) is 0 Å². The second kappa shape index (κ2) is 9.77. The minimum atomic E-state index is -0.596. The molecule has 0 spiro atoms. The van der Waals surface area contributed by atoms with E-state index in [1.165, 1.54) is 24.4 Å². The number of aromatic amines is 1. The number of amides is 2. The van der Waals surface area contributed by atoms with Crippen molar-refractivity contribution in [2.24, 2.45) is 0 Å². The minimum absolute atomic E-state index is 0.0973. The summed E-state index contributed by atoms with van der Waals surface area (Å²) >= 11 is 6.04. The molecule has 0 fully saturated rings. The number of halogens is 2. The van der Waals surface area contributed by atoms with Gasteiger partial charge in [-0.2, -0.15) is 0 Å². The average molecular weight is 503 g/mol. The molecule has 0 bridgehead atoms. The van der Waals surface area contributed by atoms with Gasteiger partial charge in [0.25, 0.3) is 11.8 Å². The van der Waals surface area contributed by atoms with Crippen molar-refractivity contribution in [2.45, 2.75) is 6.04 Å². The molecule has 0 aliphatic carbocycles. The number of carbonyl (C=O) groups excluding carboxylic acids is 2. The number of hydrogen-bond acceptors (Lipinski definition) is 4. The van der Waals surface area contributed by atoms with Crippen LogP contribution in [0.3, 0.4) is 0 Å². The van der Waals surface area contributed by atoms with Crippen LogP contribution in [-0.2, 0) is 4.79 Å². The smallest absolute Gasteiger partial charge is 0.257 e. The number of benzene rings is 3. The highest BCUT2D eigenvalue weighted by atomic mass is 35.5. The quantitative estimate of drug-likeness (QED) is 0.289. The molecule has 1 aliphatic rings. The molecular formula is C27H20ClFN4O3. The van der Waals surface area contributed by atoms with Crippen LogP contribution in [0.25, 0.3) is 11.1 Å². The van der Waals surface area contributed by atoms with Crippen LogP contribution in [0, 0.1) is 5.82 Å². The Morgan fingerprint density at radius 1 is 1.08 bits per heavy atom. The van der Waals surface area contributed by atoms with Crippen molar-refractivity contribution >= 4 is 40.2 Å². The molecule has 4 N–H and O–H groups in total. The van der Waals surface area contributed by atoms with Crippen molar-refractivity contribution in [3.05, 3.63) is 118 Å². The molecule has 9 heteroatoms. The Kier molecular flexibility index (Phi) is 6.37. The fourth-order valence-corrected chi connectivity index (χ4v) is 4.35. The SMILES string of the molecule is O=C1Nc2ccc(C(=O)N[C@H](CO)c3ccccc3)cc2/C1=C(\c1ccc(F)c(Cl)c1)c1ncc[nH]1. The maximum Gasteiger partial charge on any atom is 0.257 e. The molecule has 7 nitrogen and oxygen atoms in total. The molecule has 5 rings (SSSR count). The zero-order valence-corrected chi connectivity index (χ0v) is 19.5. The number of aromatic nitrogens is 2. The van der Waals surface area contributed by atoms with Gasteiger partial charge in [0.15, 0.2) is 0 Å². The Morgan fingerprint density at radius 3 is 2.56 bits per heavy atom. The van der Waals surface area contributed by atoms with Crippen LogP contribution >= 0.6 is 11.6 Å². The lowest BCUT2D eigenvalue weighted by Gasteiger charge is -2.17. The highest BCUT2D eigenvalue weighted by Crippen LogP contribution is 2.40. The summed E-state index contributed by atoms with van der Waals surface area (Å²) in [5, 5.41) is 15.4. The summed E-state index contributed by atoms with van der Waals surface area (Å²) in [6.45, 7) is -0.278. The second-order valence-electron chi connectivity index (χ2n) is 8.15. The number of nitrogens with zero attached hydrogens (tertiary/aromatic N) is 1. The van der Waals surface area contributed by atoms with E-state index in [0.29, 0.717) is 33.8 Å².